The maximum atomic E-state index is 8.24. The van der Waals surface area contributed by atoms with Crippen LogP contribution in [0.1, 0.15) is 48.5 Å². The number of ether oxygens (including phenoxy) is 1. The normalized spacial score (nSPS) is 11.3. The molecule has 0 unspecified atom stereocenters. The molecule has 114 valence electrons. The van der Waals surface area contributed by atoms with Crippen LogP contribution in [0.15, 0.2) is 10.2 Å². The number of methoxy groups -OCH3 is 1. The van der Waals surface area contributed by atoms with Crippen LogP contribution >= 0.6 is 0 Å². The summed E-state index contributed by atoms with van der Waals surface area (Å²) in [6, 6.07) is 0. The molecule has 7 nitrogen and oxygen atoms in total. The minimum Gasteiger partial charge on any atom is -0.384 e. The number of hydrogen-bond acceptors (Lipinski definition) is 3. The molecule has 0 aromatic carbocycles. The first-order valence-electron chi connectivity index (χ1n) is 5.25. The van der Waals surface area contributed by atoms with Gasteiger partial charge in [0.25, 0.3) is 0 Å². The van der Waals surface area contributed by atoms with Crippen molar-refractivity contribution in [1.29, 1.82) is 0 Å². The van der Waals surface area contributed by atoms with E-state index in [-0.39, 0.29) is 27.7 Å². The van der Waals surface area contributed by atoms with Gasteiger partial charge in [-0.2, -0.15) is 0 Å². The molecule has 0 N–H and O–H groups in total. The molecule has 0 fully saturated rings. The minimum absolute atomic E-state index is 0. The van der Waals surface area contributed by atoms with Crippen LogP contribution in [0.3, 0.4) is 0 Å². The van der Waals surface area contributed by atoms with Crippen LogP contribution in [0.25, 0.3) is 20.9 Å². The maximum Gasteiger partial charge on any atom is 0.0518 e. The molecule has 0 aliphatic heterocycles. The van der Waals surface area contributed by atoms with E-state index in [4.69, 9.17) is 15.8 Å². The Labute approximate surface area is 117 Å². The highest BCUT2D eigenvalue weighted by molar-refractivity contribution is 4.80. The first-order chi connectivity index (χ1) is 7.74. The molecule has 0 radical (unpaired) electrons. The Bertz CT molecular complexity index is 260. The number of rotatable bonds is 9. The lowest BCUT2D eigenvalue weighted by Crippen LogP contribution is -2.27. The third-order valence-corrected chi connectivity index (χ3v) is 2.81. The van der Waals surface area contributed by atoms with Crippen LogP contribution in [0.5, 0.6) is 0 Å². The van der Waals surface area contributed by atoms with E-state index < -0.39 is 0 Å². The number of azide groups is 2. The van der Waals surface area contributed by atoms with Crippen molar-refractivity contribution >= 4 is 0 Å². The van der Waals surface area contributed by atoms with Gasteiger partial charge in [-0.15, -0.1) is 0 Å². The van der Waals surface area contributed by atoms with Crippen LogP contribution in [0.4, 0.5) is 0 Å². The van der Waals surface area contributed by atoms with Crippen LogP contribution in [0.2, 0.25) is 0 Å². The Morgan fingerprint density at radius 3 is 1.68 bits per heavy atom. The van der Waals surface area contributed by atoms with Crippen molar-refractivity contribution in [1.82, 2.24) is 0 Å². The van der Waals surface area contributed by atoms with Crippen molar-refractivity contribution in [2.45, 2.75) is 48.5 Å². The lowest BCUT2D eigenvalue weighted by Gasteiger charge is -2.31. The van der Waals surface area contributed by atoms with Gasteiger partial charge in [0.15, 0.2) is 0 Å². The molecule has 0 atom stereocenters. The molecule has 0 aromatic rings. The van der Waals surface area contributed by atoms with Crippen LogP contribution in [0, 0.1) is 5.41 Å². The zero-order chi connectivity index (χ0) is 12.3. The Morgan fingerprint density at radius 2 is 1.42 bits per heavy atom. The smallest absolute Gasteiger partial charge is 0.0518 e. The SMILES string of the molecule is C.C.C.CCC(CCN=[N+]=[N-])(CCN=[N+]=[N-])COC. The zero-order valence-electron chi connectivity index (χ0n) is 9.83. The third-order valence-electron chi connectivity index (χ3n) is 2.81. The molecule has 0 heterocycles. The van der Waals surface area contributed by atoms with Crippen molar-refractivity contribution in [3.63, 3.8) is 0 Å². The molecule has 0 rings (SSSR count). The van der Waals surface area contributed by atoms with Gasteiger partial charge in [0, 0.05) is 30.0 Å². The molecule has 7 heteroatoms. The fraction of sp³-hybridized carbons (Fsp3) is 1.00. The summed E-state index contributed by atoms with van der Waals surface area (Å²) in [5.41, 5.74) is 16.4. The summed E-state index contributed by atoms with van der Waals surface area (Å²) < 4.78 is 5.19. The van der Waals surface area contributed by atoms with E-state index in [9.17, 15) is 0 Å². The molecule has 0 amide bonds. The molecular weight excluding hydrogens is 244 g/mol. The zero-order valence-corrected chi connectivity index (χ0v) is 9.83. The lowest BCUT2D eigenvalue weighted by atomic mass is 9.79. The standard InChI is InChI=1S/C9H18N6O.3CH4/c1-3-9(8-16-2,4-6-12-14-10)5-7-13-15-11;;;/h3-8H2,1-2H3;3*1H4. The third kappa shape index (κ3) is 11.4. The van der Waals surface area contributed by atoms with Gasteiger partial charge in [-0.3, -0.25) is 0 Å². The van der Waals surface area contributed by atoms with Gasteiger partial charge in [0.05, 0.1) is 6.61 Å². The Kier molecular flexibility index (Phi) is 22.9. The van der Waals surface area contributed by atoms with Crippen LogP contribution in [-0.2, 0) is 4.74 Å². The minimum atomic E-state index is -0.0584. The molecule has 19 heavy (non-hydrogen) atoms. The second-order valence-electron chi connectivity index (χ2n) is 3.70. The van der Waals surface area contributed by atoms with Gasteiger partial charge in [0.2, 0.25) is 0 Å². The Morgan fingerprint density at radius 1 is 1.00 bits per heavy atom. The van der Waals surface area contributed by atoms with Gasteiger partial charge in [-0.1, -0.05) is 39.4 Å². The summed E-state index contributed by atoms with van der Waals surface area (Å²) in [5, 5.41) is 7.07. The predicted molar refractivity (Wildman–Crippen MR) is 82.1 cm³/mol. The van der Waals surface area contributed by atoms with E-state index in [1.165, 1.54) is 0 Å². The highest BCUT2D eigenvalue weighted by atomic mass is 16.5. The molecule has 0 saturated carbocycles. The average molecular weight is 274 g/mol. The van der Waals surface area contributed by atoms with E-state index in [1.54, 1.807) is 7.11 Å². The van der Waals surface area contributed by atoms with E-state index in [1.807, 2.05) is 0 Å². The monoisotopic (exact) mass is 274 g/mol. The van der Waals surface area contributed by atoms with Crippen molar-refractivity contribution in [2.75, 3.05) is 26.8 Å². The second kappa shape index (κ2) is 16.6. The van der Waals surface area contributed by atoms with E-state index >= 15 is 0 Å². The molecule has 0 spiro atoms. The lowest BCUT2D eigenvalue weighted by molar-refractivity contribution is 0.0652. The Balaban J connectivity index is -0.000000375. The van der Waals surface area contributed by atoms with Gasteiger partial charge in [-0.05, 0) is 35.7 Å². The summed E-state index contributed by atoms with van der Waals surface area (Å²) in [4.78, 5) is 5.46. The fourth-order valence-corrected chi connectivity index (χ4v) is 1.69. The maximum absolute atomic E-state index is 8.24. The highest BCUT2D eigenvalue weighted by Crippen LogP contribution is 2.31. The second-order valence-corrected chi connectivity index (χ2v) is 3.70. The summed E-state index contributed by atoms with van der Waals surface area (Å²) in [6.45, 7) is 3.55. The molecule has 0 aliphatic carbocycles. The van der Waals surface area contributed by atoms with Crippen molar-refractivity contribution in [3.8, 4) is 0 Å². The summed E-state index contributed by atoms with van der Waals surface area (Å²) in [5.74, 6) is 0. The molecule has 0 aromatic heterocycles. The van der Waals surface area contributed by atoms with Gasteiger partial charge < -0.3 is 4.74 Å². The van der Waals surface area contributed by atoms with Crippen LogP contribution < -0.4 is 0 Å². The fourth-order valence-electron chi connectivity index (χ4n) is 1.69. The summed E-state index contributed by atoms with van der Waals surface area (Å²) in [6.07, 6.45) is 2.41. The quantitative estimate of drug-likeness (QED) is 0.316. The van der Waals surface area contributed by atoms with E-state index in [0.717, 1.165) is 19.3 Å². The first kappa shape index (κ1) is 26.2. The Hall–Kier alpha value is -1.42. The molecule has 0 aliphatic rings. The molecule has 0 saturated heterocycles. The molecular formula is C12H30N6O. The summed E-state index contributed by atoms with van der Waals surface area (Å²) in [7, 11) is 1.64. The van der Waals surface area contributed by atoms with Crippen molar-refractivity contribution < 1.29 is 4.74 Å². The number of nitrogens with zero attached hydrogens (tertiary/aromatic N) is 6. The summed E-state index contributed by atoms with van der Waals surface area (Å²) >= 11 is 0. The predicted octanol–water partition coefficient (Wildman–Crippen LogP) is 5.34. The highest BCUT2D eigenvalue weighted by Gasteiger charge is 2.26. The topological polar surface area (TPSA) is 107 Å². The van der Waals surface area contributed by atoms with E-state index in [2.05, 4.69) is 27.0 Å². The van der Waals surface area contributed by atoms with Gasteiger partial charge in [0.1, 0.15) is 0 Å². The first-order valence-corrected chi connectivity index (χ1v) is 5.25. The van der Waals surface area contributed by atoms with Crippen molar-refractivity contribution in [2.24, 2.45) is 15.6 Å². The molecule has 0 bridgehead atoms. The van der Waals surface area contributed by atoms with Gasteiger partial charge >= 0.3 is 0 Å². The van der Waals surface area contributed by atoms with Crippen molar-refractivity contribution in [3.05, 3.63) is 20.9 Å². The van der Waals surface area contributed by atoms with Gasteiger partial charge in [-0.25, -0.2) is 0 Å². The largest absolute Gasteiger partial charge is 0.384 e. The number of hydrogen-bond donors (Lipinski definition) is 0. The average Bonchev–Trinajstić information content (AvgIpc) is 2.29. The van der Waals surface area contributed by atoms with E-state index in [0.29, 0.717) is 19.7 Å². The van der Waals surface area contributed by atoms with Crippen LogP contribution in [-0.4, -0.2) is 26.8 Å².